The van der Waals surface area contributed by atoms with Crippen molar-refractivity contribution in [3.8, 4) is 0 Å². The molecule has 80 valence electrons. The Bertz CT molecular complexity index is 398. The summed E-state index contributed by atoms with van der Waals surface area (Å²) < 4.78 is 27.2. The zero-order chi connectivity index (χ0) is 10.8. The van der Waals surface area contributed by atoms with Crippen LogP contribution in [0, 0.1) is 0 Å². The molecule has 1 atom stereocenters. The van der Waals surface area contributed by atoms with E-state index in [1.165, 1.54) is 6.26 Å². The molecule has 0 fully saturated rings. The molecule has 1 aromatic rings. The molecule has 0 aliphatic rings. The van der Waals surface area contributed by atoms with Crippen LogP contribution in [0.3, 0.4) is 0 Å². The minimum atomic E-state index is -3.06. The predicted molar refractivity (Wildman–Crippen MR) is 55.2 cm³/mol. The molecular formula is C8H12ClNO3S. The molecule has 1 unspecified atom stereocenters. The van der Waals surface area contributed by atoms with Crippen LogP contribution in [-0.4, -0.2) is 27.0 Å². The van der Waals surface area contributed by atoms with Crippen molar-refractivity contribution in [2.45, 2.75) is 5.92 Å². The van der Waals surface area contributed by atoms with E-state index in [0.717, 1.165) is 0 Å². The Kier molecular flexibility index (Phi) is 3.58. The molecule has 2 N–H and O–H groups in total. The van der Waals surface area contributed by atoms with E-state index >= 15 is 0 Å². The largest absolute Gasteiger partial charge is 0.449 e. The van der Waals surface area contributed by atoms with Crippen molar-refractivity contribution in [3.63, 3.8) is 0 Å². The molecule has 0 spiro atoms. The fourth-order valence-electron chi connectivity index (χ4n) is 1.18. The standard InChI is InChI=1S/C8H12ClNO3S/c1-14(11,12)5-6(4-10)7-2-3-8(9)13-7/h2-3,6H,4-5,10H2,1H3. The van der Waals surface area contributed by atoms with Gasteiger partial charge in [0.2, 0.25) is 0 Å². The smallest absolute Gasteiger partial charge is 0.193 e. The molecule has 0 radical (unpaired) electrons. The predicted octanol–water partition coefficient (Wildman–Crippen LogP) is 1.02. The lowest BCUT2D eigenvalue weighted by molar-refractivity contribution is 0.477. The van der Waals surface area contributed by atoms with Crippen LogP contribution in [0.2, 0.25) is 5.22 Å². The first kappa shape index (κ1) is 11.6. The Morgan fingerprint density at radius 2 is 2.21 bits per heavy atom. The van der Waals surface area contributed by atoms with E-state index in [1.54, 1.807) is 12.1 Å². The van der Waals surface area contributed by atoms with Gasteiger partial charge in [-0.15, -0.1) is 0 Å². The molecular weight excluding hydrogens is 226 g/mol. The van der Waals surface area contributed by atoms with Gasteiger partial charge in [0.1, 0.15) is 15.6 Å². The Morgan fingerprint density at radius 1 is 1.57 bits per heavy atom. The van der Waals surface area contributed by atoms with Gasteiger partial charge in [0.15, 0.2) is 5.22 Å². The molecule has 0 bridgehead atoms. The van der Waals surface area contributed by atoms with E-state index in [0.29, 0.717) is 5.76 Å². The van der Waals surface area contributed by atoms with Gasteiger partial charge in [-0.1, -0.05) is 0 Å². The average Bonchev–Trinajstić information content (AvgIpc) is 2.46. The lowest BCUT2D eigenvalue weighted by Gasteiger charge is -2.09. The van der Waals surface area contributed by atoms with Crippen LogP contribution in [-0.2, 0) is 9.84 Å². The molecule has 1 rings (SSSR count). The normalized spacial score (nSPS) is 14.2. The van der Waals surface area contributed by atoms with Crippen LogP contribution in [0.15, 0.2) is 16.5 Å². The number of furan rings is 1. The molecule has 0 amide bonds. The Labute approximate surface area is 88.0 Å². The summed E-state index contributed by atoms with van der Waals surface area (Å²) in [6.07, 6.45) is 1.17. The third-order valence-electron chi connectivity index (χ3n) is 1.78. The van der Waals surface area contributed by atoms with E-state index in [-0.39, 0.29) is 23.4 Å². The van der Waals surface area contributed by atoms with Gasteiger partial charge < -0.3 is 10.2 Å². The first-order chi connectivity index (χ1) is 6.42. The van der Waals surface area contributed by atoms with Gasteiger partial charge in [-0.3, -0.25) is 0 Å². The fourth-order valence-corrected chi connectivity index (χ4v) is 2.36. The van der Waals surface area contributed by atoms with E-state index in [1.807, 2.05) is 0 Å². The van der Waals surface area contributed by atoms with Crippen LogP contribution in [0.5, 0.6) is 0 Å². The van der Waals surface area contributed by atoms with Crippen molar-refractivity contribution in [2.24, 2.45) is 5.73 Å². The number of hydrogen-bond acceptors (Lipinski definition) is 4. The number of nitrogens with two attached hydrogens (primary N) is 1. The van der Waals surface area contributed by atoms with Gasteiger partial charge in [0, 0.05) is 18.7 Å². The first-order valence-electron chi connectivity index (χ1n) is 4.05. The van der Waals surface area contributed by atoms with Crippen LogP contribution >= 0.6 is 11.6 Å². The van der Waals surface area contributed by atoms with Crippen LogP contribution < -0.4 is 5.73 Å². The first-order valence-corrected chi connectivity index (χ1v) is 6.49. The Morgan fingerprint density at radius 3 is 2.57 bits per heavy atom. The van der Waals surface area contributed by atoms with Gasteiger partial charge in [0.25, 0.3) is 0 Å². The van der Waals surface area contributed by atoms with Crippen molar-refractivity contribution in [1.82, 2.24) is 0 Å². The highest BCUT2D eigenvalue weighted by Gasteiger charge is 2.19. The SMILES string of the molecule is CS(=O)(=O)CC(CN)c1ccc(Cl)o1. The van der Waals surface area contributed by atoms with Gasteiger partial charge in [-0.25, -0.2) is 8.42 Å². The van der Waals surface area contributed by atoms with Gasteiger partial charge in [0.05, 0.1) is 5.75 Å². The van der Waals surface area contributed by atoms with Crippen LogP contribution in [0.4, 0.5) is 0 Å². The van der Waals surface area contributed by atoms with Crippen molar-refractivity contribution in [2.75, 3.05) is 18.6 Å². The van der Waals surface area contributed by atoms with Crippen molar-refractivity contribution in [1.29, 1.82) is 0 Å². The van der Waals surface area contributed by atoms with Gasteiger partial charge >= 0.3 is 0 Å². The lowest BCUT2D eigenvalue weighted by Crippen LogP contribution is -2.20. The molecule has 0 saturated heterocycles. The number of halogens is 1. The highest BCUT2D eigenvalue weighted by atomic mass is 35.5. The molecule has 4 nitrogen and oxygen atoms in total. The summed E-state index contributed by atoms with van der Waals surface area (Å²) in [7, 11) is -3.06. The number of hydrogen-bond donors (Lipinski definition) is 1. The summed E-state index contributed by atoms with van der Waals surface area (Å²) in [5, 5.41) is 0.243. The summed E-state index contributed by atoms with van der Waals surface area (Å²) in [6.45, 7) is 0.219. The van der Waals surface area contributed by atoms with Crippen molar-refractivity contribution >= 4 is 21.4 Å². The maximum atomic E-state index is 11.1. The zero-order valence-electron chi connectivity index (χ0n) is 7.73. The van der Waals surface area contributed by atoms with Crippen molar-refractivity contribution < 1.29 is 12.8 Å². The molecule has 0 aliphatic heterocycles. The summed E-state index contributed by atoms with van der Waals surface area (Å²) in [4.78, 5) is 0. The zero-order valence-corrected chi connectivity index (χ0v) is 9.31. The summed E-state index contributed by atoms with van der Waals surface area (Å²) in [5.41, 5.74) is 5.45. The number of rotatable bonds is 4. The number of sulfone groups is 1. The average molecular weight is 238 g/mol. The molecule has 1 aromatic heterocycles. The fraction of sp³-hybridized carbons (Fsp3) is 0.500. The monoisotopic (exact) mass is 237 g/mol. The molecule has 1 heterocycles. The quantitative estimate of drug-likeness (QED) is 0.849. The molecule has 6 heteroatoms. The van der Waals surface area contributed by atoms with Gasteiger partial charge in [-0.05, 0) is 23.7 Å². The van der Waals surface area contributed by atoms with E-state index < -0.39 is 9.84 Å². The lowest BCUT2D eigenvalue weighted by atomic mass is 10.1. The third kappa shape index (κ3) is 3.32. The minimum Gasteiger partial charge on any atom is -0.449 e. The summed E-state index contributed by atoms with van der Waals surface area (Å²) >= 11 is 5.58. The summed E-state index contributed by atoms with van der Waals surface area (Å²) in [6, 6.07) is 3.22. The Balaban J connectivity index is 2.83. The van der Waals surface area contributed by atoms with E-state index in [2.05, 4.69) is 0 Å². The topological polar surface area (TPSA) is 73.3 Å². The molecule has 0 saturated carbocycles. The van der Waals surface area contributed by atoms with Gasteiger partial charge in [-0.2, -0.15) is 0 Å². The van der Waals surface area contributed by atoms with Crippen LogP contribution in [0.1, 0.15) is 11.7 Å². The molecule has 14 heavy (non-hydrogen) atoms. The van der Waals surface area contributed by atoms with Crippen molar-refractivity contribution in [3.05, 3.63) is 23.1 Å². The molecule has 0 aliphatic carbocycles. The maximum Gasteiger partial charge on any atom is 0.193 e. The van der Waals surface area contributed by atoms with E-state index in [4.69, 9.17) is 21.8 Å². The molecule has 0 aromatic carbocycles. The minimum absolute atomic E-state index is 0.0205. The summed E-state index contributed by atoms with van der Waals surface area (Å²) in [5.74, 6) is 0.174. The highest BCUT2D eigenvalue weighted by molar-refractivity contribution is 7.90. The second-order valence-corrected chi connectivity index (χ2v) is 5.72. The van der Waals surface area contributed by atoms with E-state index in [9.17, 15) is 8.42 Å². The second kappa shape index (κ2) is 4.33. The maximum absolute atomic E-state index is 11.1. The van der Waals surface area contributed by atoms with Crippen LogP contribution in [0.25, 0.3) is 0 Å². The third-order valence-corrected chi connectivity index (χ3v) is 3.00. The second-order valence-electron chi connectivity index (χ2n) is 3.17. The Hall–Kier alpha value is -0.520. The highest BCUT2D eigenvalue weighted by Crippen LogP contribution is 2.22.